The van der Waals surface area contributed by atoms with Crippen LogP contribution in [0.5, 0.6) is 11.5 Å². The van der Waals surface area contributed by atoms with Crippen LogP contribution in [0.25, 0.3) is 11.4 Å². The molecule has 2 saturated carbocycles. The lowest BCUT2D eigenvalue weighted by molar-refractivity contribution is -0.125. The third-order valence-corrected chi connectivity index (χ3v) is 21.3. The van der Waals surface area contributed by atoms with E-state index in [1.165, 1.54) is 23.3 Å². The van der Waals surface area contributed by atoms with Crippen molar-refractivity contribution in [3.05, 3.63) is 125 Å². The summed E-state index contributed by atoms with van der Waals surface area (Å²) in [5.41, 5.74) is 10.3. The molecule has 0 saturated heterocycles. The number of unbranched alkanes of at least 4 members (excludes halogenated alkanes) is 2. The molecule has 7 unspecified atom stereocenters. The molecule has 0 bridgehead atoms. The second-order valence-electron chi connectivity index (χ2n) is 29.2. The Morgan fingerprint density at radius 2 is 1.53 bits per heavy atom. The average molecular weight is 1310 g/mol. The van der Waals surface area contributed by atoms with E-state index in [9.17, 15) is 28.5 Å². The number of aliphatic hydroxyl groups is 1. The quantitative estimate of drug-likeness (QED) is 0.0296. The molecule has 19 heteroatoms. The highest BCUT2D eigenvalue weighted by atomic mass is 32.2. The summed E-state index contributed by atoms with van der Waals surface area (Å²) in [6.45, 7) is 36.5. The lowest BCUT2D eigenvalue weighted by Gasteiger charge is -2.33. The van der Waals surface area contributed by atoms with Gasteiger partial charge in [0, 0.05) is 87.9 Å². The van der Waals surface area contributed by atoms with Crippen LogP contribution in [0.4, 0.5) is 21.9 Å². The summed E-state index contributed by atoms with van der Waals surface area (Å²) >= 11 is 0. The maximum atomic E-state index is 14.6. The van der Waals surface area contributed by atoms with Crippen molar-refractivity contribution in [3.8, 4) is 11.5 Å². The first kappa shape index (κ1) is 71.0. The molecule has 2 fully saturated rings. The van der Waals surface area contributed by atoms with E-state index in [2.05, 4.69) is 129 Å². The maximum absolute atomic E-state index is 14.6. The van der Waals surface area contributed by atoms with Crippen LogP contribution in [0.2, 0.25) is 0 Å². The van der Waals surface area contributed by atoms with Crippen molar-refractivity contribution in [2.45, 2.75) is 227 Å². The van der Waals surface area contributed by atoms with Crippen LogP contribution in [0, 0.1) is 16.7 Å². The molecule has 18 nitrogen and oxygen atoms in total. The predicted molar refractivity (Wildman–Crippen MR) is 380 cm³/mol. The van der Waals surface area contributed by atoms with Crippen LogP contribution < -0.4 is 39.8 Å². The number of aliphatic hydroxyl groups excluding tert-OH is 1. The number of hydrogen-bond donors (Lipinski definition) is 6. The van der Waals surface area contributed by atoms with Gasteiger partial charge < -0.3 is 45.1 Å². The Hall–Kier alpha value is -7.35. The Bertz CT molecular complexity index is 3590. The van der Waals surface area contributed by atoms with Gasteiger partial charge in [-0.05, 0) is 177 Å². The monoisotopic (exact) mass is 1310 g/mol. The van der Waals surface area contributed by atoms with Crippen molar-refractivity contribution in [3.63, 3.8) is 0 Å². The van der Waals surface area contributed by atoms with Crippen molar-refractivity contribution < 1.29 is 42.7 Å². The number of aliphatic imine (C=N–C) groups is 1. The fraction of sp³-hybridized carbons (Fsp3) is 0.547. The van der Waals surface area contributed by atoms with E-state index < -0.39 is 45.7 Å². The molecule has 6 N–H and O–H groups in total. The summed E-state index contributed by atoms with van der Waals surface area (Å²) < 4.78 is 37.9. The molecule has 4 amide bonds. The smallest absolute Gasteiger partial charge is 0.419 e. The number of rotatable bonds is 28. The van der Waals surface area contributed by atoms with Crippen molar-refractivity contribution >= 4 is 74.2 Å². The number of ether oxygens (including phenoxy) is 3. The van der Waals surface area contributed by atoms with Crippen molar-refractivity contribution in [1.82, 2.24) is 29.9 Å². The minimum absolute atomic E-state index is 0.00941. The molecule has 94 heavy (non-hydrogen) atoms. The largest absolute Gasteiger partial charge is 0.493 e. The third-order valence-electron chi connectivity index (χ3n) is 19.9. The second kappa shape index (κ2) is 29.3. The molecule has 3 aromatic carbocycles. The fourth-order valence-electron chi connectivity index (χ4n) is 14.5. The molecule has 9 rings (SSSR count). The molecule has 6 aliphatic rings. The molecule has 0 spiro atoms. The molecule has 0 radical (unpaired) electrons. The minimum Gasteiger partial charge on any atom is -0.493 e. The number of nitrogens with one attached hydrogen (secondary N) is 5. The van der Waals surface area contributed by atoms with Gasteiger partial charge in [0.15, 0.2) is 6.23 Å². The normalized spacial score (nSPS) is 23.2. The predicted octanol–water partition coefficient (Wildman–Crippen LogP) is 13.5. The SMILES string of the molecule is C=C(CC(C)(C)CCC(C)(C)NS(=C)(=O)NC(=O)OC1C2CCCCCCC21C)NCC(=O)NC(C)C(=O)Nc1ccc(CCC(=O)N2c3cc(OCCCCCOc4cc5c(cc4CC)C(=C)N4C=C(C)C[C@@]4(C)C=N5)c(CC)cc3C(=C)N3C=C(C)CC3C2O)cc1. The second-order valence-corrected chi connectivity index (χ2v) is 31.0. The summed E-state index contributed by atoms with van der Waals surface area (Å²) in [5, 5.41) is 21.0. The van der Waals surface area contributed by atoms with Crippen molar-refractivity contribution in [2.24, 2.45) is 21.7 Å². The summed E-state index contributed by atoms with van der Waals surface area (Å²) in [5.74, 6) is 4.65. The van der Waals surface area contributed by atoms with Crippen LogP contribution in [0.3, 0.4) is 0 Å². The minimum atomic E-state index is -3.21. The number of carbonyl (C=O) groups is 4. The fourth-order valence-corrected chi connectivity index (χ4v) is 15.9. The molecular weight excluding hydrogens is 1200 g/mol. The maximum Gasteiger partial charge on any atom is 0.419 e. The van der Waals surface area contributed by atoms with E-state index in [0.717, 1.165) is 108 Å². The van der Waals surface area contributed by atoms with Crippen LogP contribution in [0.15, 0.2) is 103 Å². The van der Waals surface area contributed by atoms with Crippen LogP contribution >= 0.6 is 0 Å². The molecule has 0 aromatic heterocycles. The van der Waals surface area contributed by atoms with Gasteiger partial charge in [0.25, 0.3) is 0 Å². The van der Waals surface area contributed by atoms with E-state index in [-0.39, 0.29) is 47.3 Å². The van der Waals surface area contributed by atoms with E-state index in [1.54, 1.807) is 19.1 Å². The molecule has 8 atom stereocenters. The Morgan fingerprint density at radius 1 is 0.862 bits per heavy atom. The summed E-state index contributed by atoms with van der Waals surface area (Å²) in [6.07, 6.45) is 18.8. The Kier molecular flexibility index (Phi) is 22.1. The summed E-state index contributed by atoms with van der Waals surface area (Å²) in [4.78, 5) is 64.7. The highest BCUT2D eigenvalue weighted by Crippen LogP contribution is 2.61. The number of allylic oxidation sites excluding steroid dienone is 1. The van der Waals surface area contributed by atoms with Gasteiger partial charge in [-0.1, -0.05) is 103 Å². The van der Waals surface area contributed by atoms with Crippen molar-refractivity contribution in [1.29, 1.82) is 0 Å². The summed E-state index contributed by atoms with van der Waals surface area (Å²) in [6, 6.07) is 14.2. The summed E-state index contributed by atoms with van der Waals surface area (Å²) in [7, 11) is -3.21. The number of anilines is 2. The molecule has 3 aromatic rings. The van der Waals surface area contributed by atoms with Gasteiger partial charge in [-0.3, -0.25) is 24.3 Å². The molecule has 510 valence electrons. The molecule has 4 aliphatic heterocycles. The van der Waals surface area contributed by atoms with Gasteiger partial charge in [0.1, 0.15) is 33.5 Å². The first-order chi connectivity index (χ1) is 44.4. The Labute approximate surface area is 559 Å². The highest BCUT2D eigenvalue weighted by Gasteiger charge is 2.63. The zero-order valence-electron chi connectivity index (χ0n) is 57.8. The van der Waals surface area contributed by atoms with Gasteiger partial charge in [-0.2, -0.15) is 0 Å². The van der Waals surface area contributed by atoms with Gasteiger partial charge in [-0.25, -0.2) is 18.4 Å². The Morgan fingerprint density at radius 3 is 2.22 bits per heavy atom. The van der Waals surface area contributed by atoms with Crippen LogP contribution in [-0.2, 0) is 48.3 Å². The average Bonchev–Trinajstić information content (AvgIpc) is 1.57. The highest BCUT2D eigenvalue weighted by molar-refractivity contribution is 7.97. The van der Waals surface area contributed by atoms with Gasteiger partial charge in [-0.15, -0.1) is 0 Å². The van der Waals surface area contributed by atoms with E-state index in [0.29, 0.717) is 86.2 Å². The van der Waals surface area contributed by atoms with E-state index in [1.807, 2.05) is 56.3 Å². The number of benzene rings is 3. The molecule has 2 aliphatic carbocycles. The van der Waals surface area contributed by atoms with Gasteiger partial charge in [0.05, 0.1) is 42.7 Å². The lowest BCUT2D eigenvalue weighted by atomic mass is 9.80. The van der Waals surface area contributed by atoms with E-state index in [4.69, 9.17) is 19.2 Å². The Balaban J connectivity index is 0.714. The molecular formula is C75H105N9O9S. The topological polar surface area (TPSA) is 215 Å². The lowest BCUT2D eigenvalue weighted by Crippen LogP contribution is -2.50. The van der Waals surface area contributed by atoms with E-state index >= 15 is 0 Å². The zero-order chi connectivity index (χ0) is 68.1. The standard InChI is InChI=1S/C75H105N9O9S/c1-16-55-38-58-53(8)83-46-49(4)42-74(83,13)47-77-61(58)40-64(55)91-35-23-20-24-36-92-65-41-62-59(39-56(65)17-2)52(7)82-45-48(3)37-63(82)70(88)84(62)67(86)31-28-54-26-29-57(30-27-54)79-69(87)51(6)78-66(85)44-76-50(5)43-72(9,10)33-34-73(11,12)81-94(15,90)80-71(89)93-68-60-25-21-18-19-22-32-75(60,68)14/h26-27,29-30,38-41,45-47,51,60,63,68,70,76,88H,5,7-8,15-25,28,31-37,42-44H2,1-4,6,9-14H3,(H,78,85)(H,79,87)(H2,80,81,89,90)/t51?,60?,63?,68?,70?,74-,75?,94?/m0/s1. The number of hydrogen-bond acceptors (Lipinski definition) is 13. The zero-order valence-corrected chi connectivity index (χ0v) is 58.6. The number of nitrogens with zero attached hydrogens (tertiary/aromatic N) is 4. The first-order valence-electron chi connectivity index (χ1n) is 34.1. The first-order valence-corrected chi connectivity index (χ1v) is 35.9. The number of amides is 4. The number of aryl methyl sites for hydroxylation is 3. The number of carbonyl (C=O) groups excluding carboxylic acids is 4. The van der Waals surface area contributed by atoms with Crippen molar-refractivity contribution in [2.75, 3.05) is 30.0 Å². The third kappa shape index (κ3) is 17.0. The van der Waals surface area contributed by atoms with Gasteiger partial charge in [0.2, 0.25) is 17.7 Å². The van der Waals surface area contributed by atoms with Gasteiger partial charge >= 0.3 is 6.09 Å². The van der Waals surface area contributed by atoms with Crippen LogP contribution in [0.1, 0.15) is 200 Å². The van der Waals surface area contributed by atoms with Crippen LogP contribution in [-0.4, -0.2) is 110 Å². The molecule has 4 heterocycles. The number of fused-ring (bicyclic) bond motifs is 5.